The Balaban J connectivity index is 3.31. The Morgan fingerprint density at radius 2 is 2.35 bits per heavy atom. The van der Waals surface area contributed by atoms with Crippen LogP contribution in [-0.2, 0) is 0 Å². The average molecular weight is 231 g/mol. The zero-order valence-electron chi connectivity index (χ0n) is 9.35. The number of ether oxygens (including phenoxy) is 1. The third-order valence-corrected chi connectivity index (χ3v) is 2.04. The number of rotatable bonds is 2. The maximum atomic E-state index is 10.9. The molecule has 0 aromatic carbocycles. The predicted octanol–water partition coefficient (Wildman–Crippen LogP) is 1.57. The number of hydrogen-bond donors (Lipinski definition) is 0. The SMILES string of the molecule is COc1ncc(C#CCC#N)c(C)c1[N+](=O)[O-]. The minimum atomic E-state index is -0.559. The van der Waals surface area contributed by atoms with Gasteiger partial charge in [-0.25, -0.2) is 4.98 Å². The minimum Gasteiger partial charge on any atom is -0.476 e. The Hall–Kier alpha value is -2.60. The Bertz CT molecular complexity index is 550. The molecule has 1 aromatic heterocycles. The van der Waals surface area contributed by atoms with Crippen molar-refractivity contribution in [2.24, 2.45) is 0 Å². The zero-order chi connectivity index (χ0) is 12.8. The van der Waals surface area contributed by atoms with Crippen LogP contribution < -0.4 is 4.74 Å². The summed E-state index contributed by atoms with van der Waals surface area (Å²) in [5.41, 5.74) is 0.608. The Labute approximate surface area is 98.0 Å². The monoisotopic (exact) mass is 231 g/mol. The highest BCUT2D eigenvalue weighted by molar-refractivity contribution is 5.55. The van der Waals surface area contributed by atoms with E-state index in [0.29, 0.717) is 11.1 Å². The van der Waals surface area contributed by atoms with Gasteiger partial charge in [0, 0.05) is 11.8 Å². The molecule has 17 heavy (non-hydrogen) atoms. The van der Waals surface area contributed by atoms with Crippen LogP contribution in [-0.4, -0.2) is 17.0 Å². The van der Waals surface area contributed by atoms with Crippen molar-refractivity contribution in [3.63, 3.8) is 0 Å². The third-order valence-electron chi connectivity index (χ3n) is 2.04. The number of nitro groups is 1. The molecule has 6 heteroatoms. The van der Waals surface area contributed by atoms with Crippen LogP contribution in [0, 0.1) is 40.2 Å². The highest BCUT2D eigenvalue weighted by Crippen LogP contribution is 2.29. The molecular formula is C11H9N3O3. The van der Waals surface area contributed by atoms with Crippen LogP contribution in [0.4, 0.5) is 5.69 Å². The van der Waals surface area contributed by atoms with Gasteiger partial charge in [-0.15, -0.1) is 0 Å². The summed E-state index contributed by atoms with van der Waals surface area (Å²) in [5, 5.41) is 19.2. The first-order valence-electron chi connectivity index (χ1n) is 4.65. The first-order valence-corrected chi connectivity index (χ1v) is 4.65. The van der Waals surface area contributed by atoms with Crippen LogP contribution in [0.5, 0.6) is 5.88 Å². The van der Waals surface area contributed by atoms with Gasteiger partial charge in [0.05, 0.1) is 30.1 Å². The highest BCUT2D eigenvalue weighted by atomic mass is 16.6. The van der Waals surface area contributed by atoms with Crippen LogP contribution in [0.25, 0.3) is 0 Å². The first kappa shape index (κ1) is 12.5. The van der Waals surface area contributed by atoms with Crippen molar-refractivity contribution in [2.45, 2.75) is 13.3 Å². The Morgan fingerprint density at radius 1 is 1.65 bits per heavy atom. The van der Waals surface area contributed by atoms with E-state index in [0.717, 1.165) is 0 Å². The van der Waals surface area contributed by atoms with E-state index in [1.54, 1.807) is 6.92 Å². The molecule has 0 spiro atoms. The van der Waals surface area contributed by atoms with Crippen LogP contribution in [0.15, 0.2) is 6.20 Å². The molecule has 0 unspecified atom stereocenters. The molecule has 0 saturated carbocycles. The van der Waals surface area contributed by atoms with E-state index < -0.39 is 4.92 Å². The summed E-state index contributed by atoms with van der Waals surface area (Å²) in [5.74, 6) is 5.20. The summed E-state index contributed by atoms with van der Waals surface area (Å²) in [4.78, 5) is 14.1. The lowest BCUT2D eigenvalue weighted by molar-refractivity contribution is -0.386. The molecule has 0 fully saturated rings. The van der Waals surface area contributed by atoms with Gasteiger partial charge in [0.1, 0.15) is 0 Å². The van der Waals surface area contributed by atoms with Crippen LogP contribution >= 0.6 is 0 Å². The standard InChI is InChI=1S/C11H9N3O3/c1-8-9(5-3-4-6-12)7-13-11(17-2)10(8)14(15)16/h7H,4H2,1-2H3. The summed E-state index contributed by atoms with van der Waals surface area (Å²) < 4.78 is 4.81. The molecule has 0 saturated heterocycles. The van der Waals surface area contributed by atoms with Crippen LogP contribution in [0.1, 0.15) is 17.5 Å². The van der Waals surface area contributed by atoms with E-state index in [-0.39, 0.29) is 18.0 Å². The molecule has 0 radical (unpaired) electrons. The molecule has 0 atom stereocenters. The molecule has 86 valence electrons. The van der Waals surface area contributed by atoms with Gasteiger partial charge in [0.2, 0.25) is 0 Å². The van der Waals surface area contributed by atoms with E-state index in [1.165, 1.54) is 13.3 Å². The summed E-state index contributed by atoms with van der Waals surface area (Å²) in [7, 11) is 1.32. The first-order chi connectivity index (χ1) is 8.11. The van der Waals surface area contributed by atoms with E-state index in [4.69, 9.17) is 10.00 Å². The predicted molar refractivity (Wildman–Crippen MR) is 59.3 cm³/mol. The fourth-order valence-electron chi connectivity index (χ4n) is 1.24. The van der Waals surface area contributed by atoms with Crippen molar-refractivity contribution in [1.29, 1.82) is 5.26 Å². The molecule has 0 N–H and O–H groups in total. The number of hydrogen-bond acceptors (Lipinski definition) is 5. The number of methoxy groups -OCH3 is 1. The quantitative estimate of drug-likeness (QED) is 0.438. The van der Waals surface area contributed by atoms with Crippen molar-refractivity contribution in [1.82, 2.24) is 4.98 Å². The summed E-state index contributed by atoms with van der Waals surface area (Å²) >= 11 is 0. The highest BCUT2D eigenvalue weighted by Gasteiger charge is 2.21. The largest absolute Gasteiger partial charge is 0.476 e. The molecule has 0 amide bonds. The second-order valence-electron chi connectivity index (χ2n) is 3.05. The van der Waals surface area contributed by atoms with Gasteiger partial charge in [0.15, 0.2) is 0 Å². The summed E-state index contributed by atoms with van der Waals surface area (Å²) in [6, 6.07) is 1.86. The van der Waals surface area contributed by atoms with Gasteiger partial charge in [-0.05, 0) is 6.92 Å². The molecule has 0 bridgehead atoms. The number of nitriles is 1. The average Bonchev–Trinajstić information content (AvgIpc) is 2.30. The molecule has 0 aliphatic heterocycles. The smallest absolute Gasteiger partial charge is 0.335 e. The molecule has 0 aliphatic rings. The number of aromatic nitrogens is 1. The van der Waals surface area contributed by atoms with E-state index >= 15 is 0 Å². The lowest BCUT2D eigenvalue weighted by Crippen LogP contribution is -2.00. The van der Waals surface area contributed by atoms with Gasteiger partial charge in [-0.3, -0.25) is 10.1 Å². The van der Waals surface area contributed by atoms with Gasteiger partial charge in [-0.2, -0.15) is 5.26 Å². The van der Waals surface area contributed by atoms with Crippen LogP contribution in [0.3, 0.4) is 0 Å². The van der Waals surface area contributed by atoms with Crippen molar-refractivity contribution < 1.29 is 9.66 Å². The molecular weight excluding hydrogens is 222 g/mol. The third kappa shape index (κ3) is 2.70. The van der Waals surface area contributed by atoms with Crippen molar-refractivity contribution >= 4 is 5.69 Å². The van der Waals surface area contributed by atoms with Crippen molar-refractivity contribution in [2.75, 3.05) is 7.11 Å². The number of nitrogens with zero attached hydrogens (tertiary/aromatic N) is 3. The fourth-order valence-corrected chi connectivity index (χ4v) is 1.24. The molecule has 1 rings (SSSR count). The van der Waals surface area contributed by atoms with Gasteiger partial charge in [0.25, 0.3) is 5.88 Å². The summed E-state index contributed by atoms with van der Waals surface area (Å²) in [6.45, 7) is 1.57. The maximum Gasteiger partial charge on any atom is 0.335 e. The second kappa shape index (κ2) is 5.47. The van der Waals surface area contributed by atoms with Gasteiger partial charge >= 0.3 is 5.69 Å². The fraction of sp³-hybridized carbons (Fsp3) is 0.273. The van der Waals surface area contributed by atoms with E-state index in [1.807, 2.05) is 6.07 Å². The van der Waals surface area contributed by atoms with E-state index in [2.05, 4.69) is 16.8 Å². The Kier molecular flexibility index (Phi) is 4.02. The second-order valence-corrected chi connectivity index (χ2v) is 3.05. The topological polar surface area (TPSA) is 89.0 Å². The normalized spacial score (nSPS) is 8.76. The maximum absolute atomic E-state index is 10.9. The number of pyridine rings is 1. The lowest BCUT2D eigenvalue weighted by Gasteiger charge is -2.04. The van der Waals surface area contributed by atoms with Gasteiger partial charge < -0.3 is 4.74 Å². The zero-order valence-corrected chi connectivity index (χ0v) is 9.35. The molecule has 1 heterocycles. The Morgan fingerprint density at radius 3 is 2.88 bits per heavy atom. The van der Waals surface area contributed by atoms with E-state index in [9.17, 15) is 10.1 Å². The van der Waals surface area contributed by atoms with Crippen molar-refractivity contribution in [3.8, 4) is 23.8 Å². The summed E-state index contributed by atoms with van der Waals surface area (Å²) in [6.07, 6.45) is 1.46. The minimum absolute atomic E-state index is 0.0432. The molecule has 6 nitrogen and oxygen atoms in total. The van der Waals surface area contributed by atoms with Gasteiger partial charge in [-0.1, -0.05) is 11.8 Å². The lowest BCUT2D eigenvalue weighted by atomic mass is 10.1. The molecule has 1 aromatic rings. The molecule has 0 aliphatic carbocycles. The van der Waals surface area contributed by atoms with Crippen molar-refractivity contribution in [3.05, 3.63) is 27.4 Å². The van der Waals surface area contributed by atoms with Crippen LogP contribution in [0.2, 0.25) is 0 Å².